The van der Waals surface area contributed by atoms with Crippen molar-refractivity contribution in [1.82, 2.24) is 10.5 Å². The molecule has 0 radical (unpaired) electrons. The average Bonchev–Trinajstić information content (AvgIpc) is 2.84. The highest BCUT2D eigenvalue weighted by atomic mass is 16.6. The molecule has 0 unspecified atom stereocenters. The maximum atomic E-state index is 11.9. The first-order valence-electron chi connectivity index (χ1n) is 6.01. The monoisotopic (exact) mass is 275 g/mol. The number of nitro groups is 1. The summed E-state index contributed by atoms with van der Waals surface area (Å²) in [6.45, 7) is 2.12. The van der Waals surface area contributed by atoms with E-state index < -0.39 is 10.8 Å². The van der Waals surface area contributed by atoms with Gasteiger partial charge in [0.25, 0.3) is 11.6 Å². The summed E-state index contributed by atoms with van der Waals surface area (Å²) in [6, 6.07) is 7.60. The Morgan fingerprint density at radius 3 is 2.85 bits per heavy atom. The molecule has 0 aliphatic carbocycles. The molecule has 1 aromatic heterocycles. The van der Waals surface area contributed by atoms with Gasteiger partial charge in [-0.2, -0.15) is 0 Å². The van der Waals surface area contributed by atoms with Crippen LogP contribution in [0.3, 0.4) is 0 Å². The zero-order valence-electron chi connectivity index (χ0n) is 10.8. The van der Waals surface area contributed by atoms with Crippen LogP contribution in [0, 0.1) is 17.0 Å². The van der Waals surface area contributed by atoms with Crippen molar-refractivity contribution in [3.05, 3.63) is 57.5 Å². The van der Waals surface area contributed by atoms with Gasteiger partial charge < -0.3 is 9.84 Å². The Morgan fingerprint density at radius 1 is 1.45 bits per heavy atom. The summed E-state index contributed by atoms with van der Waals surface area (Å²) < 4.78 is 5.00. The number of carbonyl (C=O) groups excluding carboxylic acids is 1. The van der Waals surface area contributed by atoms with Crippen LogP contribution in [0.15, 0.2) is 34.9 Å². The van der Waals surface area contributed by atoms with Crippen molar-refractivity contribution in [2.75, 3.05) is 6.54 Å². The van der Waals surface area contributed by atoms with Gasteiger partial charge >= 0.3 is 0 Å². The van der Waals surface area contributed by atoms with Crippen LogP contribution in [-0.2, 0) is 6.42 Å². The van der Waals surface area contributed by atoms with Gasteiger partial charge in [0.1, 0.15) is 11.3 Å². The fourth-order valence-corrected chi connectivity index (χ4v) is 1.75. The first-order chi connectivity index (χ1) is 9.58. The molecule has 1 amide bonds. The minimum atomic E-state index is -0.575. The highest BCUT2D eigenvalue weighted by molar-refractivity contribution is 5.98. The molecule has 0 saturated heterocycles. The van der Waals surface area contributed by atoms with Gasteiger partial charge in [-0.15, -0.1) is 0 Å². The highest BCUT2D eigenvalue weighted by Gasteiger charge is 2.18. The third kappa shape index (κ3) is 3.19. The van der Waals surface area contributed by atoms with E-state index in [-0.39, 0.29) is 11.3 Å². The maximum absolute atomic E-state index is 11.9. The van der Waals surface area contributed by atoms with Crippen molar-refractivity contribution in [1.29, 1.82) is 0 Å². The second kappa shape index (κ2) is 5.96. The van der Waals surface area contributed by atoms with Crippen LogP contribution in [0.25, 0.3) is 0 Å². The molecule has 7 nitrogen and oxygen atoms in total. The Hall–Kier alpha value is -2.70. The number of nitro benzene ring substituents is 1. The van der Waals surface area contributed by atoms with Gasteiger partial charge in [0, 0.05) is 25.1 Å². The Bertz CT molecular complexity index is 636. The summed E-state index contributed by atoms with van der Waals surface area (Å²) in [5.74, 6) is 0.180. The molecule has 1 N–H and O–H groups in total. The van der Waals surface area contributed by atoms with E-state index in [2.05, 4.69) is 10.5 Å². The third-order valence-electron chi connectivity index (χ3n) is 2.68. The molecule has 1 heterocycles. The van der Waals surface area contributed by atoms with Crippen molar-refractivity contribution in [3.63, 3.8) is 0 Å². The molecule has 0 spiro atoms. The third-order valence-corrected chi connectivity index (χ3v) is 2.68. The molecule has 104 valence electrons. The number of hydrogen-bond donors (Lipinski definition) is 1. The van der Waals surface area contributed by atoms with E-state index in [1.54, 1.807) is 19.1 Å². The van der Waals surface area contributed by atoms with Gasteiger partial charge in [-0.1, -0.05) is 17.3 Å². The minimum absolute atomic E-state index is 0.0475. The Kier molecular flexibility index (Phi) is 4.09. The second-order valence-corrected chi connectivity index (χ2v) is 4.21. The lowest BCUT2D eigenvalue weighted by Crippen LogP contribution is -2.26. The van der Waals surface area contributed by atoms with E-state index in [0.717, 1.165) is 5.69 Å². The van der Waals surface area contributed by atoms with Crippen molar-refractivity contribution < 1.29 is 14.2 Å². The number of rotatable bonds is 5. The van der Waals surface area contributed by atoms with Crippen LogP contribution in [0.4, 0.5) is 5.69 Å². The maximum Gasteiger partial charge on any atom is 0.282 e. The van der Waals surface area contributed by atoms with Crippen molar-refractivity contribution in [2.24, 2.45) is 0 Å². The van der Waals surface area contributed by atoms with Gasteiger partial charge in [-0.3, -0.25) is 14.9 Å². The van der Waals surface area contributed by atoms with E-state index in [4.69, 9.17) is 4.52 Å². The molecule has 0 saturated carbocycles. The normalized spacial score (nSPS) is 10.2. The van der Waals surface area contributed by atoms with Crippen LogP contribution >= 0.6 is 0 Å². The average molecular weight is 275 g/mol. The summed E-state index contributed by atoms with van der Waals surface area (Å²) >= 11 is 0. The van der Waals surface area contributed by atoms with E-state index in [1.165, 1.54) is 18.2 Å². The number of nitrogens with one attached hydrogen (secondary N) is 1. The van der Waals surface area contributed by atoms with E-state index in [9.17, 15) is 14.9 Å². The Labute approximate surface area is 114 Å². The molecule has 0 fully saturated rings. The Morgan fingerprint density at radius 2 is 2.20 bits per heavy atom. The number of hydrogen-bond acceptors (Lipinski definition) is 5. The molecular weight excluding hydrogens is 262 g/mol. The van der Waals surface area contributed by atoms with Gasteiger partial charge in [0.15, 0.2) is 0 Å². The molecule has 20 heavy (non-hydrogen) atoms. The van der Waals surface area contributed by atoms with Crippen molar-refractivity contribution in [3.8, 4) is 0 Å². The van der Waals surface area contributed by atoms with Crippen molar-refractivity contribution >= 4 is 11.6 Å². The van der Waals surface area contributed by atoms with E-state index in [0.29, 0.717) is 18.7 Å². The molecule has 7 heteroatoms. The molecule has 0 atom stereocenters. The molecule has 0 aliphatic rings. The van der Waals surface area contributed by atoms with Gasteiger partial charge in [-0.05, 0) is 13.0 Å². The number of para-hydroxylation sites is 1. The fourth-order valence-electron chi connectivity index (χ4n) is 1.75. The highest BCUT2D eigenvalue weighted by Crippen LogP contribution is 2.17. The van der Waals surface area contributed by atoms with Crippen LogP contribution in [-0.4, -0.2) is 22.5 Å². The van der Waals surface area contributed by atoms with Crippen LogP contribution in [0.1, 0.15) is 21.8 Å². The summed E-state index contributed by atoms with van der Waals surface area (Å²) in [5.41, 5.74) is 0.608. The number of carbonyl (C=O) groups is 1. The van der Waals surface area contributed by atoms with Crippen molar-refractivity contribution in [2.45, 2.75) is 13.3 Å². The second-order valence-electron chi connectivity index (χ2n) is 4.21. The summed E-state index contributed by atoms with van der Waals surface area (Å²) in [5, 5.41) is 17.2. The molecular formula is C13H13N3O4. The van der Waals surface area contributed by atoms with Gasteiger partial charge in [0.05, 0.1) is 10.6 Å². The van der Waals surface area contributed by atoms with Gasteiger partial charge in [0.2, 0.25) is 0 Å². The topological polar surface area (TPSA) is 98.3 Å². The standard InChI is InChI=1S/C13H13N3O4/c1-9-8-10(20-15-9)6-7-14-13(17)11-4-2-3-5-12(11)16(18)19/h2-5,8H,6-7H2,1H3,(H,14,17). The summed E-state index contributed by atoms with van der Waals surface area (Å²) in [6.07, 6.45) is 0.479. The SMILES string of the molecule is Cc1cc(CCNC(=O)c2ccccc2[N+](=O)[O-])on1. The first-order valence-corrected chi connectivity index (χ1v) is 6.01. The minimum Gasteiger partial charge on any atom is -0.361 e. The number of amides is 1. The number of benzene rings is 1. The zero-order chi connectivity index (χ0) is 14.5. The van der Waals surface area contributed by atoms with E-state index >= 15 is 0 Å². The number of aromatic nitrogens is 1. The van der Waals surface area contributed by atoms with Crippen LogP contribution in [0.5, 0.6) is 0 Å². The molecule has 2 aromatic rings. The van der Waals surface area contributed by atoms with E-state index in [1.807, 2.05) is 0 Å². The lowest BCUT2D eigenvalue weighted by atomic mass is 10.1. The molecule has 0 aliphatic heterocycles. The molecule has 1 aromatic carbocycles. The number of aryl methyl sites for hydroxylation is 1. The molecule has 0 bridgehead atoms. The summed E-state index contributed by atoms with van der Waals surface area (Å²) in [7, 11) is 0. The summed E-state index contributed by atoms with van der Waals surface area (Å²) in [4.78, 5) is 22.2. The lowest BCUT2D eigenvalue weighted by molar-refractivity contribution is -0.385. The fraction of sp³-hybridized carbons (Fsp3) is 0.231. The van der Waals surface area contributed by atoms with Gasteiger partial charge in [-0.25, -0.2) is 0 Å². The predicted molar refractivity (Wildman–Crippen MR) is 70.4 cm³/mol. The number of nitrogens with zero attached hydrogens (tertiary/aromatic N) is 2. The van der Waals surface area contributed by atoms with Crippen LogP contribution in [0.2, 0.25) is 0 Å². The predicted octanol–water partition coefficient (Wildman–Crippen LogP) is 1.86. The quantitative estimate of drug-likeness (QED) is 0.663. The smallest absolute Gasteiger partial charge is 0.282 e. The zero-order valence-corrected chi connectivity index (χ0v) is 10.8. The first kappa shape index (κ1) is 13.7. The Balaban J connectivity index is 1.97. The lowest BCUT2D eigenvalue weighted by Gasteiger charge is -2.04. The largest absolute Gasteiger partial charge is 0.361 e. The molecule has 2 rings (SSSR count). The van der Waals surface area contributed by atoms with Crippen LogP contribution < -0.4 is 5.32 Å².